The number of aryl methyl sites for hydroxylation is 1. The minimum Gasteiger partial charge on any atom is -0.329 e. The van der Waals surface area contributed by atoms with Gasteiger partial charge in [-0.25, -0.2) is 13.1 Å². The van der Waals surface area contributed by atoms with Crippen molar-refractivity contribution in [1.29, 1.82) is 0 Å². The van der Waals surface area contributed by atoms with Gasteiger partial charge in [-0.2, -0.15) is 0 Å². The van der Waals surface area contributed by atoms with E-state index in [9.17, 15) is 8.42 Å². The van der Waals surface area contributed by atoms with Crippen molar-refractivity contribution < 1.29 is 8.42 Å². The van der Waals surface area contributed by atoms with E-state index in [-0.39, 0.29) is 5.75 Å². The average molecular weight is 304 g/mol. The van der Waals surface area contributed by atoms with Crippen molar-refractivity contribution in [3.63, 3.8) is 0 Å². The standard InChI is InChI=1S/C13H24N2O2S2/c1-11(2)9-13(3,10-14)15-19(16,17)8-6-12-5-4-7-18-12/h4-5,7,11,15H,6,8-10,14H2,1-3H3. The lowest BCUT2D eigenvalue weighted by Gasteiger charge is -2.30. The van der Waals surface area contributed by atoms with Crippen molar-refractivity contribution in [1.82, 2.24) is 4.72 Å². The van der Waals surface area contributed by atoms with Gasteiger partial charge in [-0.3, -0.25) is 0 Å². The summed E-state index contributed by atoms with van der Waals surface area (Å²) in [5.74, 6) is 0.509. The van der Waals surface area contributed by atoms with Gasteiger partial charge in [-0.05, 0) is 37.1 Å². The van der Waals surface area contributed by atoms with E-state index in [1.54, 1.807) is 11.3 Å². The maximum absolute atomic E-state index is 12.1. The van der Waals surface area contributed by atoms with Crippen molar-refractivity contribution in [3.8, 4) is 0 Å². The molecular formula is C13H24N2O2S2. The SMILES string of the molecule is CC(C)CC(C)(CN)NS(=O)(=O)CCc1cccs1. The van der Waals surface area contributed by atoms with Gasteiger partial charge in [0.25, 0.3) is 0 Å². The largest absolute Gasteiger partial charge is 0.329 e. The van der Waals surface area contributed by atoms with Crippen LogP contribution in [0.25, 0.3) is 0 Å². The summed E-state index contributed by atoms with van der Waals surface area (Å²) in [6.07, 6.45) is 1.29. The van der Waals surface area contributed by atoms with Crippen LogP contribution in [0.3, 0.4) is 0 Å². The Morgan fingerprint density at radius 3 is 2.63 bits per heavy atom. The Hall–Kier alpha value is -0.430. The van der Waals surface area contributed by atoms with Crippen molar-refractivity contribution >= 4 is 21.4 Å². The number of hydrogen-bond donors (Lipinski definition) is 2. The lowest BCUT2D eigenvalue weighted by Crippen LogP contribution is -2.52. The molecule has 0 aromatic carbocycles. The van der Waals surface area contributed by atoms with E-state index >= 15 is 0 Å². The Balaban J connectivity index is 2.61. The molecule has 4 nitrogen and oxygen atoms in total. The van der Waals surface area contributed by atoms with Gasteiger partial charge in [0.1, 0.15) is 0 Å². The van der Waals surface area contributed by atoms with Gasteiger partial charge < -0.3 is 5.73 Å². The highest BCUT2D eigenvalue weighted by molar-refractivity contribution is 7.89. The van der Waals surface area contributed by atoms with Gasteiger partial charge in [-0.15, -0.1) is 11.3 Å². The molecule has 0 amide bonds. The summed E-state index contributed by atoms with van der Waals surface area (Å²) in [6, 6.07) is 3.89. The van der Waals surface area contributed by atoms with Crippen molar-refractivity contribution in [3.05, 3.63) is 22.4 Å². The molecule has 0 radical (unpaired) electrons. The van der Waals surface area contributed by atoms with E-state index < -0.39 is 15.6 Å². The Bertz CT molecular complexity index is 469. The van der Waals surface area contributed by atoms with Gasteiger partial charge in [0.15, 0.2) is 0 Å². The summed E-state index contributed by atoms with van der Waals surface area (Å²) < 4.78 is 27.0. The molecule has 1 atom stereocenters. The lowest BCUT2D eigenvalue weighted by atomic mass is 9.92. The fourth-order valence-electron chi connectivity index (χ4n) is 2.18. The van der Waals surface area contributed by atoms with Crippen molar-refractivity contribution in [2.75, 3.05) is 12.3 Å². The number of thiophene rings is 1. The van der Waals surface area contributed by atoms with Crippen molar-refractivity contribution in [2.24, 2.45) is 11.7 Å². The molecule has 0 spiro atoms. The smallest absolute Gasteiger partial charge is 0.212 e. The Morgan fingerprint density at radius 1 is 1.47 bits per heavy atom. The topological polar surface area (TPSA) is 72.2 Å². The molecule has 0 aliphatic carbocycles. The summed E-state index contributed by atoms with van der Waals surface area (Å²) in [7, 11) is -3.30. The van der Waals surface area contributed by atoms with Gasteiger partial charge in [0, 0.05) is 17.0 Å². The van der Waals surface area contributed by atoms with Crippen LogP contribution in [0.5, 0.6) is 0 Å². The highest BCUT2D eigenvalue weighted by Gasteiger charge is 2.29. The van der Waals surface area contributed by atoms with Crippen LogP contribution in [-0.4, -0.2) is 26.3 Å². The van der Waals surface area contributed by atoms with Gasteiger partial charge in [-0.1, -0.05) is 19.9 Å². The minimum atomic E-state index is -3.30. The molecule has 1 heterocycles. The fraction of sp³-hybridized carbons (Fsp3) is 0.692. The van der Waals surface area contributed by atoms with Crippen LogP contribution in [-0.2, 0) is 16.4 Å². The van der Waals surface area contributed by atoms with Crippen LogP contribution >= 0.6 is 11.3 Å². The number of nitrogens with one attached hydrogen (secondary N) is 1. The summed E-state index contributed by atoms with van der Waals surface area (Å²) in [5.41, 5.74) is 5.18. The fourth-order valence-corrected chi connectivity index (χ4v) is 4.53. The van der Waals surface area contributed by atoms with Crippen LogP contribution in [0, 0.1) is 5.92 Å². The maximum atomic E-state index is 12.1. The average Bonchev–Trinajstić information content (AvgIpc) is 2.77. The molecule has 0 aliphatic heterocycles. The van der Waals surface area contributed by atoms with Crippen LogP contribution in [0.1, 0.15) is 32.1 Å². The molecule has 0 aliphatic rings. The third-order valence-electron chi connectivity index (χ3n) is 2.91. The molecule has 1 aromatic heterocycles. The molecule has 0 bridgehead atoms. The van der Waals surface area contributed by atoms with Gasteiger partial charge in [0.2, 0.25) is 10.0 Å². The predicted molar refractivity (Wildman–Crippen MR) is 81.9 cm³/mol. The van der Waals surface area contributed by atoms with Crippen LogP contribution in [0.15, 0.2) is 17.5 Å². The van der Waals surface area contributed by atoms with E-state index in [0.29, 0.717) is 18.9 Å². The molecule has 1 rings (SSSR count). The predicted octanol–water partition coefficient (Wildman–Crippen LogP) is 1.97. The molecular weight excluding hydrogens is 280 g/mol. The molecule has 0 saturated heterocycles. The lowest BCUT2D eigenvalue weighted by molar-refractivity contribution is 0.344. The number of rotatable bonds is 8. The van der Waals surface area contributed by atoms with Crippen LogP contribution < -0.4 is 10.5 Å². The molecule has 1 unspecified atom stereocenters. The van der Waals surface area contributed by atoms with E-state index in [1.807, 2.05) is 24.4 Å². The second-order valence-electron chi connectivity index (χ2n) is 5.61. The second kappa shape index (κ2) is 6.83. The zero-order chi connectivity index (χ0) is 14.5. The monoisotopic (exact) mass is 304 g/mol. The first-order valence-electron chi connectivity index (χ1n) is 6.50. The molecule has 6 heteroatoms. The Kier molecular flexibility index (Phi) is 5.98. The summed E-state index contributed by atoms with van der Waals surface area (Å²) in [4.78, 5) is 1.09. The highest BCUT2D eigenvalue weighted by atomic mass is 32.2. The number of hydrogen-bond acceptors (Lipinski definition) is 4. The van der Waals surface area contributed by atoms with E-state index in [4.69, 9.17) is 5.73 Å². The molecule has 3 N–H and O–H groups in total. The summed E-state index contributed by atoms with van der Waals surface area (Å²) in [6.45, 7) is 6.31. The van der Waals surface area contributed by atoms with E-state index in [0.717, 1.165) is 11.3 Å². The van der Waals surface area contributed by atoms with E-state index in [1.165, 1.54) is 0 Å². The molecule has 0 saturated carbocycles. The third-order valence-corrected chi connectivity index (χ3v) is 5.39. The summed E-state index contributed by atoms with van der Waals surface area (Å²) in [5, 5.41) is 1.96. The molecule has 1 aromatic rings. The molecule has 19 heavy (non-hydrogen) atoms. The first kappa shape index (κ1) is 16.6. The third kappa shape index (κ3) is 6.03. The normalized spacial score (nSPS) is 15.6. The molecule has 0 fully saturated rings. The first-order chi connectivity index (χ1) is 8.76. The van der Waals surface area contributed by atoms with Crippen molar-refractivity contribution in [2.45, 2.75) is 39.2 Å². The molecule has 110 valence electrons. The first-order valence-corrected chi connectivity index (χ1v) is 9.04. The zero-order valence-corrected chi connectivity index (χ0v) is 13.5. The van der Waals surface area contributed by atoms with E-state index in [2.05, 4.69) is 18.6 Å². The Morgan fingerprint density at radius 2 is 2.16 bits per heavy atom. The van der Waals surface area contributed by atoms with Gasteiger partial charge in [0.05, 0.1) is 5.75 Å². The number of sulfonamides is 1. The minimum absolute atomic E-state index is 0.112. The Labute approximate surface area is 120 Å². The van der Waals surface area contributed by atoms with Gasteiger partial charge >= 0.3 is 0 Å². The second-order valence-corrected chi connectivity index (χ2v) is 8.49. The highest BCUT2D eigenvalue weighted by Crippen LogP contribution is 2.17. The van der Waals surface area contributed by atoms with Crippen LogP contribution in [0.4, 0.5) is 0 Å². The number of nitrogens with two attached hydrogens (primary N) is 1. The van der Waals surface area contributed by atoms with Crippen LogP contribution in [0.2, 0.25) is 0 Å². The quantitative estimate of drug-likeness (QED) is 0.771. The zero-order valence-electron chi connectivity index (χ0n) is 11.8. The summed E-state index contributed by atoms with van der Waals surface area (Å²) >= 11 is 1.58. The maximum Gasteiger partial charge on any atom is 0.212 e.